The number of furan rings is 1. The zero-order valence-electron chi connectivity index (χ0n) is 12.4. The van der Waals surface area contributed by atoms with Crippen molar-refractivity contribution in [3.63, 3.8) is 0 Å². The van der Waals surface area contributed by atoms with E-state index in [9.17, 15) is 9.18 Å². The van der Waals surface area contributed by atoms with Gasteiger partial charge >= 0.3 is 0 Å². The molecule has 0 bridgehead atoms. The highest BCUT2D eigenvalue weighted by molar-refractivity contribution is 6.03. The minimum absolute atomic E-state index is 0.124. The zero-order valence-corrected chi connectivity index (χ0v) is 12.4. The summed E-state index contributed by atoms with van der Waals surface area (Å²) in [5.74, 6) is -0.953. The Kier molecular flexibility index (Phi) is 3.35. The van der Waals surface area contributed by atoms with Gasteiger partial charge in [0.15, 0.2) is 0 Å². The maximum Gasteiger partial charge on any atom is 0.275 e. The van der Waals surface area contributed by atoms with Crippen molar-refractivity contribution in [1.29, 1.82) is 0 Å². The highest BCUT2D eigenvalue weighted by Gasteiger charge is 2.13. The van der Waals surface area contributed by atoms with E-state index in [-0.39, 0.29) is 11.4 Å². The minimum atomic E-state index is -0.489. The van der Waals surface area contributed by atoms with E-state index in [0.29, 0.717) is 5.65 Å². The number of pyridine rings is 1. The first-order valence-corrected chi connectivity index (χ1v) is 7.28. The Balaban J connectivity index is 1.65. The van der Waals surface area contributed by atoms with Crippen LogP contribution < -0.4 is 5.32 Å². The lowest BCUT2D eigenvalue weighted by molar-refractivity contribution is 0.102. The van der Waals surface area contributed by atoms with Crippen LogP contribution in [0.1, 0.15) is 10.5 Å². The van der Waals surface area contributed by atoms with Crippen LogP contribution in [-0.2, 0) is 0 Å². The third-order valence-electron chi connectivity index (χ3n) is 3.66. The summed E-state index contributed by atoms with van der Waals surface area (Å²) in [5, 5.41) is 2.52. The molecule has 4 aromatic rings. The molecule has 0 aliphatic heterocycles. The number of para-hydroxylation sites is 1. The topological polar surface area (TPSA) is 59.5 Å². The Bertz CT molecular complexity index is 1020. The van der Waals surface area contributed by atoms with Crippen molar-refractivity contribution in [3.8, 4) is 11.1 Å². The number of anilines is 1. The van der Waals surface area contributed by atoms with E-state index in [1.54, 1.807) is 35.3 Å². The van der Waals surface area contributed by atoms with Crippen molar-refractivity contribution < 1.29 is 13.6 Å². The third kappa shape index (κ3) is 2.54. The van der Waals surface area contributed by atoms with Crippen LogP contribution in [0.15, 0.2) is 71.8 Å². The van der Waals surface area contributed by atoms with Crippen molar-refractivity contribution >= 4 is 17.2 Å². The quantitative estimate of drug-likeness (QED) is 0.621. The maximum atomic E-state index is 13.6. The first-order chi connectivity index (χ1) is 11.7. The molecule has 24 heavy (non-hydrogen) atoms. The van der Waals surface area contributed by atoms with Gasteiger partial charge in [0.2, 0.25) is 0 Å². The van der Waals surface area contributed by atoms with Crippen LogP contribution in [0.4, 0.5) is 10.1 Å². The van der Waals surface area contributed by atoms with E-state index in [4.69, 9.17) is 4.42 Å². The first-order valence-electron chi connectivity index (χ1n) is 7.28. The number of carbonyl (C=O) groups is 1. The molecule has 3 aromatic heterocycles. The number of hydrogen-bond donors (Lipinski definition) is 1. The summed E-state index contributed by atoms with van der Waals surface area (Å²) < 4.78 is 20.5. The van der Waals surface area contributed by atoms with Crippen LogP contribution in [-0.4, -0.2) is 15.3 Å². The summed E-state index contributed by atoms with van der Waals surface area (Å²) in [6.45, 7) is 0. The van der Waals surface area contributed by atoms with E-state index in [1.165, 1.54) is 12.1 Å². The van der Waals surface area contributed by atoms with E-state index in [1.807, 2.05) is 24.4 Å². The molecule has 4 rings (SSSR count). The Labute approximate surface area is 136 Å². The molecule has 1 amide bonds. The Morgan fingerprint density at radius 2 is 1.96 bits per heavy atom. The normalized spacial score (nSPS) is 10.9. The molecule has 0 saturated heterocycles. The van der Waals surface area contributed by atoms with E-state index < -0.39 is 11.7 Å². The molecular formula is C18H12FN3O2. The molecule has 0 aliphatic carbocycles. The van der Waals surface area contributed by atoms with E-state index >= 15 is 0 Å². The molecule has 0 fully saturated rings. The van der Waals surface area contributed by atoms with Gasteiger partial charge in [0.1, 0.15) is 17.2 Å². The van der Waals surface area contributed by atoms with Gasteiger partial charge in [-0.2, -0.15) is 0 Å². The van der Waals surface area contributed by atoms with Gasteiger partial charge in [-0.15, -0.1) is 0 Å². The number of aromatic nitrogens is 2. The van der Waals surface area contributed by atoms with Crippen LogP contribution in [0, 0.1) is 5.82 Å². The van der Waals surface area contributed by atoms with Gasteiger partial charge in [-0.05, 0) is 30.3 Å². The summed E-state index contributed by atoms with van der Waals surface area (Å²) in [6, 6.07) is 11.6. The lowest BCUT2D eigenvalue weighted by Crippen LogP contribution is -2.13. The van der Waals surface area contributed by atoms with Crippen LogP contribution in [0.2, 0.25) is 0 Å². The van der Waals surface area contributed by atoms with Crippen LogP contribution in [0.3, 0.4) is 0 Å². The number of hydrogen-bond acceptors (Lipinski definition) is 3. The fraction of sp³-hybridized carbons (Fsp3) is 0. The van der Waals surface area contributed by atoms with Crippen LogP contribution in [0.25, 0.3) is 16.8 Å². The number of nitrogens with one attached hydrogen (secondary N) is 1. The minimum Gasteiger partial charge on any atom is -0.472 e. The Morgan fingerprint density at radius 3 is 2.75 bits per heavy atom. The number of imidazole rings is 1. The lowest BCUT2D eigenvalue weighted by atomic mass is 10.1. The second kappa shape index (κ2) is 5.66. The largest absolute Gasteiger partial charge is 0.472 e. The summed E-state index contributed by atoms with van der Waals surface area (Å²) in [4.78, 5) is 16.5. The van der Waals surface area contributed by atoms with Crippen molar-refractivity contribution in [2.24, 2.45) is 0 Å². The van der Waals surface area contributed by atoms with Crippen molar-refractivity contribution in [2.75, 3.05) is 5.32 Å². The number of amides is 1. The highest BCUT2D eigenvalue weighted by atomic mass is 19.1. The van der Waals surface area contributed by atoms with Crippen LogP contribution >= 0.6 is 0 Å². The van der Waals surface area contributed by atoms with Gasteiger partial charge in [0.25, 0.3) is 5.91 Å². The molecule has 0 atom stereocenters. The average molecular weight is 321 g/mol. The van der Waals surface area contributed by atoms with Crippen molar-refractivity contribution in [1.82, 2.24) is 9.38 Å². The number of nitrogens with zero attached hydrogens (tertiary/aromatic N) is 2. The number of carbonyl (C=O) groups excluding carboxylic acids is 1. The van der Waals surface area contributed by atoms with Crippen molar-refractivity contribution in [3.05, 3.63) is 78.9 Å². The molecule has 1 aromatic carbocycles. The summed E-state index contributed by atoms with van der Waals surface area (Å²) in [7, 11) is 0. The van der Waals surface area contributed by atoms with Gasteiger partial charge in [-0.1, -0.05) is 12.1 Å². The predicted octanol–water partition coefficient (Wildman–Crippen LogP) is 3.99. The molecular weight excluding hydrogens is 309 g/mol. The monoisotopic (exact) mass is 321 g/mol. The molecule has 0 spiro atoms. The van der Waals surface area contributed by atoms with Gasteiger partial charge in [0, 0.05) is 23.5 Å². The molecule has 6 heteroatoms. The van der Waals surface area contributed by atoms with E-state index in [0.717, 1.165) is 11.1 Å². The summed E-state index contributed by atoms with van der Waals surface area (Å²) >= 11 is 0. The molecule has 0 saturated carbocycles. The average Bonchev–Trinajstić information content (AvgIpc) is 3.25. The van der Waals surface area contributed by atoms with Crippen molar-refractivity contribution in [2.45, 2.75) is 0 Å². The van der Waals surface area contributed by atoms with Gasteiger partial charge in [0.05, 0.1) is 18.2 Å². The predicted molar refractivity (Wildman–Crippen MR) is 87.2 cm³/mol. The molecule has 0 radical (unpaired) electrons. The number of halogens is 1. The Hall–Kier alpha value is -3.41. The third-order valence-corrected chi connectivity index (χ3v) is 3.66. The SMILES string of the molecule is O=C(Nc1ccccc1F)c1cn2cc(-c3ccoc3)ccc2n1. The number of benzene rings is 1. The smallest absolute Gasteiger partial charge is 0.275 e. The van der Waals surface area contributed by atoms with E-state index in [2.05, 4.69) is 10.3 Å². The molecule has 1 N–H and O–H groups in total. The van der Waals surface area contributed by atoms with Gasteiger partial charge in [-0.25, -0.2) is 9.37 Å². The van der Waals surface area contributed by atoms with Gasteiger partial charge < -0.3 is 14.1 Å². The molecule has 118 valence electrons. The maximum absolute atomic E-state index is 13.6. The first kappa shape index (κ1) is 14.2. The zero-order chi connectivity index (χ0) is 16.5. The summed E-state index contributed by atoms with van der Waals surface area (Å²) in [6.07, 6.45) is 6.70. The molecule has 0 aliphatic rings. The fourth-order valence-corrected chi connectivity index (χ4v) is 2.45. The number of rotatable bonds is 3. The molecule has 0 unspecified atom stereocenters. The second-order valence-corrected chi connectivity index (χ2v) is 5.26. The number of fused-ring (bicyclic) bond motifs is 1. The highest BCUT2D eigenvalue weighted by Crippen LogP contribution is 2.21. The van der Waals surface area contributed by atoms with Crippen LogP contribution in [0.5, 0.6) is 0 Å². The molecule has 3 heterocycles. The fourth-order valence-electron chi connectivity index (χ4n) is 2.45. The summed E-state index contributed by atoms with van der Waals surface area (Å²) in [5.41, 5.74) is 2.83. The second-order valence-electron chi connectivity index (χ2n) is 5.26. The molecule has 5 nitrogen and oxygen atoms in total. The standard InChI is InChI=1S/C18H12FN3O2/c19-14-3-1-2-4-15(14)21-18(23)16-10-22-9-12(5-6-17(22)20-16)13-7-8-24-11-13/h1-11H,(H,21,23). The van der Waals surface area contributed by atoms with Gasteiger partial charge in [-0.3, -0.25) is 4.79 Å². The Morgan fingerprint density at radius 1 is 1.08 bits per heavy atom. The lowest BCUT2D eigenvalue weighted by Gasteiger charge is -2.03.